The monoisotopic (exact) mass is 417 g/mol. The Labute approximate surface area is 172 Å². The molecule has 1 saturated heterocycles. The number of ether oxygens (including phenoxy) is 1. The number of hydrogen-bond donors (Lipinski definition) is 0. The van der Waals surface area contributed by atoms with E-state index in [9.17, 15) is 13.2 Å². The minimum Gasteiger partial charge on any atom is -0.462 e. The highest BCUT2D eigenvalue weighted by Gasteiger charge is 2.22. The normalized spacial score (nSPS) is 15.3. The van der Waals surface area contributed by atoms with Crippen molar-refractivity contribution >= 4 is 21.8 Å². The minimum absolute atomic E-state index is 0.0977. The Morgan fingerprint density at radius 2 is 1.69 bits per heavy atom. The van der Waals surface area contributed by atoms with Crippen LogP contribution in [-0.4, -0.2) is 40.7 Å². The van der Waals surface area contributed by atoms with Gasteiger partial charge in [-0.2, -0.15) is 8.42 Å². The van der Waals surface area contributed by atoms with Crippen LogP contribution < -0.4 is 4.90 Å². The van der Waals surface area contributed by atoms with Crippen molar-refractivity contribution in [2.45, 2.75) is 25.5 Å². The maximum atomic E-state index is 12.2. The van der Waals surface area contributed by atoms with E-state index in [0.29, 0.717) is 12.2 Å². The highest BCUT2D eigenvalue weighted by molar-refractivity contribution is 7.85. The molecule has 2 aromatic rings. The first kappa shape index (κ1) is 21.3. The number of piperidine rings is 1. The molecule has 0 amide bonds. The van der Waals surface area contributed by atoms with Gasteiger partial charge in [-0.1, -0.05) is 30.3 Å². The second-order valence-electron chi connectivity index (χ2n) is 7.17. The highest BCUT2D eigenvalue weighted by atomic mass is 32.2. The van der Waals surface area contributed by atoms with E-state index < -0.39 is 10.1 Å². The van der Waals surface area contributed by atoms with E-state index in [1.54, 1.807) is 31.2 Å². The van der Waals surface area contributed by atoms with Crippen molar-refractivity contribution in [3.8, 4) is 0 Å². The van der Waals surface area contributed by atoms with Gasteiger partial charge in [-0.15, -0.1) is 0 Å². The van der Waals surface area contributed by atoms with Crippen LogP contribution in [0.2, 0.25) is 0 Å². The van der Waals surface area contributed by atoms with Crippen molar-refractivity contribution in [1.29, 1.82) is 0 Å². The van der Waals surface area contributed by atoms with Crippen LogP contribution in [0.25, 0.3) is 0 Å². The summed E-state index contributed by atoms with van der Waals surface area (Å²) in [4.78, 5) is 14.0. The Balaban J connectivity index is 1.46. The van der Waals surface area contributed by atoms with Crippen LogP contribution in [0.3, 0.4) is 0 Å². The zero-order valence-electron chi connectivity index (χ0n) is 16.6. The van der Waals surface area contributed by atoms with E-state index in [-0.39, 0.29) is 24.2 Å². The number of esters is 1. The molecule has 1 aliphatic rings. The lowest BCUT2D eigenvalue weighted by molar-refractivity contribution is 0.0526. The van der Waals surface area contributed by atoms with Crippen LogP contribution >= 0.6 is 0 Å². The fourth-order valence-electron chi connectivity index (χ4n) is 3.40. The van der Waals surface area contributed by atoms with Crippen LogP contribution in [0.15, 0.2) is 54.6 Å². The molecule has 1 heterocycles. The highest BCUT2D eigenvalue weighted by Crippen LogP contribution is 2.24. The van der Waals surface area contributed by atoms with Gasteiger partial charge in [-0.3, -0.25) is 4.18 Å². The van der Waals surface area contributed by atoms with Gasteiger partial charge in [-0.25, -0.2) is 4.79 Å². The predicted octanol–water partition coefficient (Wildman–Crippen LogP) is 3.63. The quantitative estimate of drug-likeness (QED) is 0.482. The van der Waals surface area contributed by atoms with Crippen molar-refractivity contribution in [3.05, 3.63) is 65.7 Å². The van der Waals surface area contributed by atoms with E-state index in [1.165, 1.54) is 0 Å². The van der Waals surface area contributed by atoms with Gasteiger partial charge >= 0.3 is 5.97 Å². The zero-order chi connectivity index (χ0) is 20.7. The van der Waals surface area contributed by atoms with E-state index in [1.807, 2.05) is 30.3 Å². The largest absolute Gasteiger partial charge is 0.462 e. The number of rotatable bonds is 8. The van der Waals surface area contributed by atoms with Crippen molar-refractivity contribution in [2.75, 3.05) is 31.2 Å². The third-order valence-electron chi connectivity index (χ3n) is 5.03. The van der Waals surface area contributed by atoms with Crippen LogP contribution in [0, 0.1) is 5.92 Å². The Bertz CT molecular complexity index is 889. The number of benzene rings is 2. The predicted molar refractivity (Wildman–Crippen MR) is 112 cm³/mol. The molecule has 7 heteroatoms. The molecular formula is C22H27NO5S. The number of carbonyl (C=O) groups is 1. The average molecular weight is 418 g/mol. The van der Waals surface area contributed by atoms with Crippen LogP contribution in [0.4, 0.5) is 5.69 Å². The van der Waals surface area contributed by atoms with Gasteiger partial charge in [-0.05, 0) is 55.5 Å². The van der Waals surface area contributed by atoms with E-state index in [0.717, 1.165) is 37.2 Å². The summed E-state index contributed by atoms with van der Waals surface area (Å²) in [7, 11) is -3.57. The first-order valence-corrected chi connectivity index (χ1v) is 11.5. The zero-order valence-corrected chi connectivity index (χ0v) is 17.4. The standard InChI is InChI=1S/C22H27NO5S/c1-2-27-22(24)20-8-10-21(11-9-20)23-14-12-18(13-15-23)16-28-29(25,26)17-19-6-4-3-5-7-19/h3-11,18H,2,12-17H2,1H3. The lowest BCUT2D eigenvalue weighted by Crippen LogP contribution is -2.35. The molecule has 1 aliphatic heterocycles. The first-order valence-electron chi connectivity index (χ1n) is 9.90. The summed E-state index contributed by atoms with van der Waals surface area (Å²) in [6.45, 7) is 4.02. The van der Waals surface area contributed by atoms with Gasteiger partial charge in [0.25, 0.3) is 10.1 Å². The summed E-state index contributed by atoms with van der Waals surface area (Å²) in [5.41, 5.74) is 2.32. The summed E-state index contributed by atoms with van der Waals surface area (Å²) in [5.74, 6) is -0.193. The Morgan fingerprint density at radius 1 is 1.03 bits per heavy atom. The molecule has 2 aromatic carbocycles. The number of nitrogens with zero attached hydrogens (tertiary/aromatic N) is 1. The first-order chi connectivity index (χ1) is 14.0. The summed E-state index contributed by atoms with van der Waals surface area (Å²) in [6, 6.07) is 16.5. The SMILES string of the molecule is CCOC(=O)c1ccc(N2CCC(COS(=O)(=O)Cc3ccccc3)CC2)cc1. The molecule has 156 valence electrons. The maximum Gasteiger partial charge on any atom is 0.338 e. The smallest absolute Gasteiger partial charge is 0.338 e. The van der Waals surface area contributed by atoms with Gasteiger partial charge in [0.05, 0.1) is 18.8 Å². The summed E-state index contributed by atoms with van der Waals surface area (Å²) >= 11 is 0. The molecule has 6 nitrogen and oxygen atoms in total. The second-order valence-corrected chi connectivity index (χ2v) is 8.81. The van der Waals surface area contributed by atoms with Crippen LogP contribution in [0.1, 0.15) is 35.7 Å². The van der Waals surface area contributed by atoms with E-state index >= 15 is 0 Å². The van der Waals surface area contributed by atoms with Gasteiger partial charge in [0.2, 0.25) is 0 Å². The van der Waals surface area contributed by atoms with E-state index in [4.69, 9.17) is 8.92 Å². The Morgan fingerprint density at radius 3 is 2.31 bits per heavy atom. The van der Waals surface area contributed by atoms with Crippen molar-refractivity contribution in [3.63, 3.8) is 0 Å². The summed E-state index contributed by atoms with van der Waals surface area (Å²) in [6.07, 6.45) is 1.72. The molecule has 0 spiro atoms. The molecule has 0 atom stereocenters. The van der Waals surface area contributed by atoms with Gasteiger partial charge in [0, 0.05) is 18.8 Å². The fraction of sp³-hybridized carbons (Fsp3) is 0.409. The molecule has 3 rings (SSSR count). The Hall–Kier alpha value is -2.38. The molecule has 0 saturated carbocycles. The second kappa shape index (κ2) is 9.89. The average Bonchev–Trinajstić information content (AvgIpc) is 2.73. The number of carbonyl (C=O) groups excluding carboxylic acids is 1. The molecule has 0 radical (unpaired) electrons. The molecular weight excluding hydrogens is 390 g/mol. The molecule has 0 N–H and O–H groups in total. The lowest BCUT2D eigenvalue weighted by atomic mass is 9.97. The fourth-order valence-corrected chi connectivity index (χ4v) is 4.48. The van der Waals surface area contributed by atoms with Crippen molar-refractivity contribution in [1.82, 2.24) is 0 Å². The van der Waals surface area contributed by atoms with Crippen LogP contribution in [-0.2, 0) is 24.8 Å². The minimum atomic E-state index is -3.57. The molecule has 0 aliphatic carbocycles. The Kier molecular flexibility index (Phi) is 7.28. The molecule has 0 bridgehead atoms. The topological polar surface area (TPSA) is 72.9 Å². The summed E-state index contributed by atoms with van der Waals surface area (Å²) in [5, 5.41) is 0. The third kappa shape index (κ3) is 6.30. The molecule has 0 unspecified atom stereocenters. The molecule has 0 aromatic heterocycles. The lowest BCUT2D eigenvalue weighted by Gasteiger charge is -2.33. The van der Waals surface area contributed by atoms with Crippen molar-refractivity contribution in [2.24, 2.45) is 5.92 Å². The molecule has 29 heavy (non-hydrogen) atoms. The molecule has 1 fully saturated rings. The van der Waals surface area contributed by atoms with E-state index in [2.05, 4.69) is 4.90 Å². The van der Waals surface area contributed by atoms with Crippen molar-refractivity contribution < 1.29 is 22.1 Å². The van der Waals surface area contributed by atoms with Gasteiger partial charge < -0.3 is 9.64 Å². The maximum absolute atomic E-state index is 12.2. The third-order valence-corrected chi connectivity index (χ3v) is 6.21. The number of anilines is 1. The summed E-state index contributed by atoms with van der Waals surface area (Å²) < 4.78 is 34.7. The van der Waals surface area contributed by atoms with Gasteiger partial charge in [0.1, 0.15) is 5.75 Å². The van der Waals surface area contributed by atoms with Crippen LogP contribution in [0.5, 0.6) is 0 Å². The number of hydrogen-bond acceptors (Lipinski definition) is 6. The van der Waals surface area contributed by atoms with Gasteiger partial charge in [0.15, 0.2) is 0 Å².